The second-order valence-electron chi connectivity index (χ2n) is 9.68. The lowest BCUT2D eigenvalue weighted by Gasteiger charge is -2.39. The molecule has 5 atom stereocenters. The number of rotatable bonds is 7. The van der Waals surface area contributed by atoms with Gasteiger partial charge in [-0.15, -0.1) is 0 Å². The lowest BCUT2D eigenvalue weighted by molar-refractivity contribution is -0.278. The summed E-state index contributed by atoms with van der Waals surface area (Å²) in [7, 11) is 0. The van der Waals surface area contributed by atoms with Crippen molar-refractivity contribution < 1.29 is 59.2 Å². The normalized spacial score (nSPS) is 22.1. The van der Waals surface area contributed by atoms with Crippen molar-refractivity contribution in [2.75, 3.05) is 6.61 Å². The monoisotopic (exact) mass is 594 g/mol. The summed E-state index contributed by atoms with van der Waals surface area (Å²) in [5.41, 5.74) is 0.0978. The number of ether oxygens (including phenoxy) is 3. The van der Waals surface area contributed by atoms with Gasteiger partial charge in [0.15, 0.2) is 16.9 Å². The maximum atomic E-state index is 12.7. The van der Waals surface area contributed by atoms with E-state index in [4.69, 9.17) is 18.6 Å². The summed E-state index contributed by atoms with van der Waals surface area (Å²) in [6.45, 7) is -0.524. The zero-order valence-electron chi connectivity index (χ0n) is 22.1. The van der Waals surface area contributed by atoms with Gasteiger partial charge in [0.1, 0.15) is 65.0 Å². The van der Waals surface area contributed by atoms with Crippen LogP contribution in [0.2, 0.25) is 0 Å². The first kappa shape index (κ1) is 29.4. The molecule has 1 aliphatic rings. The van der Waals surface area contributed by atoms with Crippen molar-refractivity contribution in [1.29, 1.82) is 0 Å². The molecular weight excluding hydrogens is 568 g/mol. The smallest absolute Gasteiger partial charge is 0.330 e. The Labute approximate surface area is 242 Å². The molecule has 1 fully saturated rings. The van der Waals surface area contributed by atoms with Crippen LogP contribution in [-0.2, 0) is 14.3 Å². The minimum Gasteiger partial charge on any atom is -0.508 e. The quantitative estimate of drug-likeness (QED) is 0.0923. The summed E-state index contributed by atoms with van der Waals surface area (Å²) in [6, 6.07) is 13.2. The average Bonchev–Trinajstić information content (AvgIpc) is 2.97. The van der Waals surface area contributed by atoms with Gasteiger partial charge in [0.05, 0.1) is 0 Å². The van der Waals surface area contributed by atoms with Crippen molar-refractivity contribution >= 4 is 23.0 Å². The summed E-state index contributed by atoms with van der Waals surface area (Å²) in [5.74, 6) is -2.25. The highest BCUT2D eigenvalue weighted by atomic mass is 16.7. The second kappa shape index (κ2) is 12.0. The van der Waals surface area contributed by atoms with Crippen molar-refractivity contribution in [3.05, 3.63) is 82.5 Å². The van der Waals surface area contributed by atoms with E-state index >= 15 is 0 Å². The SMILES string of the molecule is O=C(/C=C/c1ccc(O)cc1)OC[C@H]1O[C@@H](Oc2cc(O)c3c(=O)cc(-c4ccc(O)c(O)c4)oc3c2)[C@H](O)[C@@H](O)[C@@H]1O. The molecule has 0 saturated carbocycles. The van der Waals surface area contributed by atoms with E-state index in [0.717, 1.165) is 18.2 Å². The molecule has 1 aliphatic heterocycles. The van der Waals surface area contributed by atoms with Gasteiger partial charge < -0.3 is 54.4 Å². The van der Waals surface area contributed by atoms with E-state index in [-0.39, 0.29) is 39.5 Å². The number of benzene rings is 3. The fourth-order valence-electron chi connectivity index (χ4n) is 4.38. The number of carbonyl (C=O) groups is 1. The third kappa shape index (κ3) is 6.39. The Balaban J connectivity index is 1.32. The van der Waals surface area contributed by atoms with Gasteiger partial charge in [-0.1, -0.05) is 12.1 Å². The number of hydrogen-bond donors (Lipinski definition) is 7. The standard InChI is InChI=1S/C30H26O13/c31-16-5-1-14(2-6-16)3-8-25(36)40-13-24-27(37)28(38)29(39)30(43-24)41-17-10-20(34)26-21(35)12-22(42-23(26)11-17)15-4-7-18(32)19(33)9-15/h1-12,24,27-34,37-39H,13H2/b8-3+/t24-,27-,28+,29-,30-/m1/s1. The molecule has 0 amide bonds. The number of phenolic OH excluding ortho intramolecular Hbond substituents is 4. The lowest BCUT2D eigenvalue weighted by Crippen LogP contribution is -2.60. The van der Waals surface area contributed by atoms with E-state index in [1.54, 1.807) is 12.1 Å². The molecule has 0 radical (unpaired) electrons. The van der Waals surface area contributed by atoms with Crippen LogP contribution in [0.15, 0.2) is 76.0 Å². The first-order chi connectivity index (χ1) is 20.5. The molecule has 224 valence electrons. The first-order valence-electron chi connectivity index (χ1n) is 12.8. The molecule has 0 unspecified atom stereocenters. The zero-order chi connectivity index (χ0) is 30.8. The Morgan fingerprint density at radius 3 is 2.30 bits per heavy atom. The van der Waals surface area contributed by atoms with Gasteiger partial charge in [-0.3, -0.25) is 4.79 Å². The van der Waals surface area contributed by atoms with Crippen molar-refractivity contribution in [3.8, 4) is 40.1 Å². The number of aliphatic hydroxyl groups excluding tert-OH is 3. The van der Waals surface area contributed by atoms with Crippen LogP contribution in [0.1, 0.15) is 5.56 Å². The Morgan fingerprint density at radius 2 is 1.58 bits per heavy atom. The summed E-state index contributed by atoms with van der Waals surface area (Å²) < 4.78 is 22.1. The van der Waals surface area contributed by atoms with Crippen LogP contribution in [0.5, 0.6) is 28.7 Å². The molecule has 5 rings (SSSR count). The molecule has 7 N–H and O–H groups in total. The van der Waals surface area contributed by atoms with Gasteiger partial charge in [-0.05, 0) is 42.0 Å². The van der Waals surface area contributed by atoms with Gasteiger partial charge in [0.2, 0.25) is 6.29 Å². The number of aromatic hydroxyl groups is 4. The van der Waals surface area contributed by atoms with Gasteiger partial charge in [0.25, 0.3) is 0 Å². The van der Waals surface area contributed by atoms with Crippen LogP contribution < -0.4 is 10.2 Å². The second-order valence-corrected chi connectivity index (χ2v) is 9.68. The number of esters is 1. The van der Waals surface area contributed by atoms with E-state index in [1.807, 2.05) is 0 Å². The Morgan fingerprint density at radius 1 is 0.837 bits per heavy atom. The lowest BCUT2D eigenvalue weighted by atomic mass is 9.99. The van der Waals surface area contributed by atoms with Crippen LogP contribution in [0, 0.1) is 0 Å². The van der Waals surface area contributed by atoms with Crippen LogP contribution in [0.25, 0.3) is 28.4 Å². The minimum absolute atomic E-state index is 0.00168. The topological polar surface area (TPSA) is 217 Å². The van der Waals surface area contributed by atoms with Crippen molar-refractivity contribution in [1.82, 2.24) is 0 Å². The Hall–Kier alpha value is -5.08. The molecule has 2 heterocycles. The third-order valence-corrected chi connectivity index (χ3v) is 6.66. The Kier molecular flexibility index (Phi) is 8.23. The summed E-state index contributed by atoms with van der Waals surface area (Å²) in [4.78, 5) is 24.9. The van der Waals surface area contributed by atoms with E-state index in [0.29, 0.717) is 5.56 Å². The molecule has 1 aromatic heterocycles. The fraction of sp³-hybridized carbons (Fsp3) is 0.200. The van der Waals surface area contributed by atoms with Gasteiger partial charge in [-0.2, -0.15) is 0 Å². The van der Waals surface area contributed by atoms with Crippen LogP contribution >= 0.6 is 0 Å². The maximum absolute atomic E-state index is 12.7. The zero-order valence-corrected chi connectivity index (χ0v) is 22.1. The van der Waals surface area contributed by atoms with E-state index in [2.05, 4.69) is 0 Å². The van der Waals surface area contributed by atoms with Crippen molar-refractivity contribution in [2.24, 2.45) is 0 Å². The van der Waals surface area contributed by atoms with E-state index in [1.165, 1.54) is 42.5 Å². The number of phenols is 4. The predicted octanol–water partition coefficient (Wildman–Crippen LogP) is 1.73. The fourth-order valence-corrected chi connectivity index (χ4v) is 4.38. The number of hydrogen-bond acceptors (Lipinski definition) is 13. The van der Waals surface area contributed by atoms with Crippen LogP contribution in [-0.4, -0.2) is 79.0 Å². The van der Waals surface area contributed by atoms with E-state index in [9.17, 15) is 45.3 Å². The molecule has 43 heavy (non-hydrogen) atoms. The molecule has 0 aliphatic carbocycles. The van der Waals surface area contributed by atoms with Crippen LogP contribution in [0.4, 0.5) is 0 Å². The highest BCUT2D eigenvalue weighted by Crippen LogP contribution is 2.35. The molecule has 3 aromatic carbocycles. The molecule has 1 saturated heterocycles. The number of aliphatic hydroxyl groups is 3. The highest BCUT2D eigenvalue weighted by molar-refractivity contribution is 5.87. The maximum Gasteiger partial charge on any atom is 0.330 e. The third-order valence-electron chi connectivity index (χ3n) is 6.66. The van der Waals surface area contributed by atoms with E-state index < -0.39 is 60.2 Å². The largest absolute Gasteiger partial charge is 0.508 e. The van der Waals surface area contributed by atoms with Crippen molar-refractivity contribution in [3.63, 3.8) is 0 Å². The highest BCUT2D eigenvalue weighted by Gasteiger charge is 2.45. The Bertz CT molecular complexity index is 1730. The molecule has 13 heteroatoms. The first-order valence-corrected chi connectivity index (χ1v) is 12.8. The summed E-state index contributed by atoms with van der Waals surface area (Å²) in [6.07, 6.45) is -5.59. The van der Waals surface area contributed by atoms with Crippen molar-refractivity contribution in [2.45, 2.75) is 30.7 Å². The minimum atomic E-state index is -1.77. The average molecular weight is 595 g/mol. The number of fused-ring (bicyclic) bond motifs is 1. The predicted molar refractivity (Wildman–Crippen MR) is 148 cm³/mol. The summed E-state index contributed by atoms with van der Waals surface area (Å²) >= 11 is 0. The molecule has 0 spiro atoms. The molecular formula is C30H26O13. The molecule has 0 bridgehead atoms. The number of carbonyl (C=O) groups excluding carboxylic acids is 1. The molecule has 13 nitrogen and oxygen atoms in total. The van der Waals surface area contributed by atoms with Gasteiger partial charge in [-0.25, -0.2) is 4.79 Å². The van der Waals surface area contributed by atoms with Gasteiger partial charge >= 0.3 is 5.97 Å². The summed E-state index contributed by atoms with van der Waals surface area (Å²) in [5, 5.41) is 70.3. The van der Waals surface area contributed by atoms with Crippen LogP contribution in [0.3, 0.4) is 0 Å². The molecule has 4 aromatic rings. The van der Waals surface area contributed by atoms with Gasteiger partial charge in [0, 0.05) is 29.8 Å².